The lowest BCUT2D eigenvalue weighted by Crippen LogP contribution is -2.66. The zero-order chi connectivity index (χ0) is 23.3. The number of pyridine rings is 1. The number of aromatic nitrogens is 3. The minimum absolute atomic E-state index is 0.107. The number of hydrogen-bond donors (Lipinski definition) is 2. The van der Waals surface area contributed by atoms with Gasteiger partial charge in [-0.05, 0) is 37.6 Å². The number of hydrogen-bond acceptors (Lipinski definition) is 8. The van der Waals surface area contributed by atoms with Gasteiger partial charge >= 0.3 is 5.97 Å². The van der Waals surface area contributed by atoms with Crippen LogP contribution in [0, 0.1) is 23.7 Å². The topological polar surface area (TPSA) is 124 Å². The quantitative estimate of drug-likeness (QED) is 0.545. The fourth-order valence-electron chi connectivity index (χ4n) is 4.46. The number of nitrogens with zero attached hydrogens (tertiary/aromatic N) is 5. The molecule has 2 saturated heterocycles. The number of nitriles is 1. The summed E-state index contributed by atoms with van der Waals surface area (Å²) < 4.78 is 5.35. The fourth-order valence-corrected chi connectivity index (χ4v) is 4.61. The van der Waals surface area contributed by atoms with E-state index in [4.69, 9.17) is 21.3 Å². The molecule has 2 aromatic heterocycles. The van der Waals surface area contributed by atoms with E-state index >= 15 is 0 Å². The second-order valence-electron chi connectivity index (χ2n) is 8.78. The summed E-state index contributed by atoms with van der Waals surface area (Å²) >= 11 is 5.88. The SMILES string of the molecule is Cc1cc(C(C)Nc2ccc(Cl)nc2C(=O)O)c2nc(N3CC4(COC4)C3)c(C#N)nc2c1. The number of carboxylic acids is 1. The molecule has 3 aromatic rings. The smallest absolute Gasteiger partial charge is 0.356 e. The highest BCUT2D eigenvalue weighted by atomic mass is 35.5. The van der Waals surface area contributed by atoms with Gasteiger partial charge in [0.25, 0.3) is 0 Å². The molecule has 2 aliphatic rings. The number of nitrogens with one attached hydrogen (secondary N) is 1. The van der Waals surface area contributed by atoms with Gasteiger partial charge in [0.1, 0.15) is 11.2 Å². The number of carbonyl (C=O) groups is 1. The molecule has 0 aliphatic carbocycles. The number of ether oxygens (including phenoxy) is 1. The number of aryl methyl sites for hydroxylation is 1. The summed E-state index contributed by atoms with van der Waals surface area (Å²) in [7, 11) is 0. The molecule has 2 fully saturated rings. The summed E-state index contributed by atoms with van der Waals surface area (Å²) in [6.07, 6.45) is 0. The molecule has 0 radical (unpaired) electrons. The maximum Gasteiger partial charge on any atom is 0.356 e. The third-order valence-electron chi connectivity index (χ3n) is 6.10. The van der Waals surface area contributed by atoms with Crippen LogP contribution in [0.4, 0.5) is 11.5 Å². The fraction of sp³-hybridized carbons (Fsp3) is 0.348. The van der Waals surface area contributed by atoms with Crippen molar-refractivity contribution >= 4 is 40.1 Å². The van der Waals surface area contributed by atoms with Crippen molar-refractivity contribution in [1.82, 2.24) is 15.0 Å². The van der Waals surface area contributed by atoms with Crippen molar-refractivity contribution in [2.45, 2.75) is 19.9 Å². The monoisotopic (exact) mass is 464 g/mol. The Bertz CT molecular complexity index is 1330. The number of carboxylic acid groups (broad SMARTS) is 1. The van der Waals surface area contributed by atoms with Crippen molar-refractivity contribution in [1.29, 1.82) is 5.26 Å². The lowest BCUT2D eigenvalue weighted by Gasteiger charge is -2.55. The molecule has 2 N–H and O–H groups in total. The first-order valence-electron chi connectivity index (χ1n) is 10.5. The Balaban J connectivity index is 1.54. The number of benzene rings is 1. The highest BCUT2D eigenvalue weighted by Crippen LogP contribution is 2.41. The van der Waals surface area contributed by atoms with Crippen LogP contribution < -0.4 is 10.2 Å². The Morgan fingerprint density at radius 2 is 2.06 bits per heavy atom. The van der Waals surface area contributed by atoms with Gasteiger partial charge in [0.15, 0.2) is 17.2 Å². The van der Waals surface area contributed by atoms with Crippen molar-refractivity contribution in [3.05, 3.63) is 51.9 Å². The summed E-state index contributed by atoms with van der Waals surface area (Å²) in [4.78, 5) is 27.1. The van der Waals surface area contributed by atoms with Crippen LogP contribution >= 0.6 is 11.6 Å². The molecule has 2 aliphatic heterocycles. The molecule has 1 spiro atoms. The first kappa shape index (κ1) is 21.4. The van der Waals surface area contributed by atoms with Gasteiger partial charge in [-0.1, -0.05) is 17.7 Å². The number of fused-ring (bicyclic) bond motifs is 1. The van der Waals surface area contributed by atoms with Crippen LogP contribution in [0.5, 0.6) is 0 Å². The molecule has 10 heteroatoms. The van der Waals surface area contributed by atoms with Crippen LogP contribution in [0.25, 0.3) is 11.0 Å². The van der Waals surface area contributed by atoms with E-state index in [-0.39, 0.29) is 22.3 Å². The number of halogens is 1. The highest BCUT2D eigenvalue weighted by Gasteiger charge is 2.50. The van der Waals surface area contributed by atoms with Crippen LogP contribution in [-0.4, -0.2) is 52.3 Å². The van der Waals surface area contributed by atoms with Gasteiger partial charge in [-0.3, -0.25) is 0 Å². The van der Waals surface area contributed by atoms with Crippen LogP contribution in [0.1, 0.15) is 40.3 Å². The molecule has 9 nitrogen and oxygen atoms in total. The van der Waals surface area contributed by atoms with Crippen molar-refractivity contribution in [3.63, 3.8) is 0 Å². The predicted octanol–water partition coefficient (Wildman–Crippen LogP) is 3.57. The molecule has 4 heterocycles. The van der Waals surface area contributed by atoms with Crippen LogP contribution in [0.3, 0.4) is 0 Å². The molecule has 0 bridgehead atoms. The van der Waals surface area contributed by atoms with Crippen molar-refractivity contribution in [2.24, 2.45) is 5.41 Å². The van der Waals surface area contributed by atoms with E-state index in [0.717, 1.165) is 37.4 Å². The maximum atomic E-state index is 11.6. The Morgan fingerprint density at radius 1 is 1.30 bits per heavy atom. The molecule has 1 atom stereocenters. The zero-order valence-corrected chi connectivity index (χ0v) is 18.8. The highest BCUT2D eigenvalue weighted by molar-refractivity contribution is 6.29. The van der Waals surface area contributed by atoms with Crippen molar-refractivity contribution in [2.75, 3.05) is 36.5 Å². The summed E-state index contributed by atoms with van der Waals surface area (Å²) in [6.45, 7) is 6.90. The molecular formula is C23H21ClN6O3. The first-order chi connectivity index (χ1) is 15.8. The molecule has 1 aromatic carbocycles. The van der Waals surface area contributed by atoms with Crippen LogP contribution in [0.2, 0.25) is 5.15 Å². The number of anilines is 2. The Kier molecular flexibility index (Phi) is 5.07. The number of aromatic carboxylic acids is 1. The minimum atomic E-state index is -1.17. The van der Waals surface area contributed by atoms with Gasteiger partial charge in [0, 0.05) is 18.7 Å². The summed E-state index contributed by atoms with van der Waals surface area (Å²) in [5, 5.41) is 22.6. The maximum absolute atomic E-state index is 11.6. The molecule has 168 valence electrons. The third kappa shape index (κ3) is 3.71. The molecule has 0 saturated carbocycles. The Hall–Kier alpha value is -3.48. The Morgan fingerprint density at radius 3 is 2.70 bits per heavy atom. The van der Waals surface area contributed by atoms with Crippen molar-refractivity contribution in [3.8, 4) is 6.07 Å². The van der Waals surface area contributed by atoms with E-state index in [1.54, 1.807) is 12.1 Å². The molecule has 33 heavy (non-hydrogen) atoms. The van der Waals surface area contributed by atoms with Gasteiger partial charge in [0.05, 0.1) is 41.4 Å². The average Bonchev–Trinajstić information content (AvgIpc) is 2.71. The van der Waals surface area contributed by atoms with E-state index < -0.39 is 5.97 Å². The predicted molar refractivity (Wildman–Crippen MR) is 123 cm³/mol. The molecule has 0 amide bonds. The second kappa shape index (κ2) is 7.83. The molecule has 5 rings (SSSR count). The van der Waals surface area contributed by atoms with Crippen LogP contribution in [-0.2, 0) is 4.74 Å². The van der Waals surface area contributed by atoms with E-state index in [9.17, 15) is 15.2 Å². The van der Waals surface area contributed by atoms with E-state index in [0.29, 0.717) is 28.2 Å². The normalized spacial score (nSPS) is 17.2. The van der Waals surface area contributed by atoms with Gasteiger partial charge in [-0.2, -0.15) is 5.26 Å². The largest absolute Gasteiger partial charge is 0.476 e. The summed E-state index contributed by atoms with van der Waals surface area (Å²) in [5.41, 5.74) is 3.75. The zero-order valence-electron chi connectivity index (χ0n) is 18.1. The standard InChI is InChI=1S/C23H21ClN6O3/c1-12-5-14(13(2)26-15-3-4-18(24)28-20(15)22(31)32)19-16(6-12)27-17(7-25)21(29-19)30-8-23(9-30)10-33-11-23/h3-6,13,26H,8-11H2,1-2H3,(H,31,32). The lowest BCUT2D eigenvalue weighted by atomic mass is 9.78. The average molecular weight is 465 g/mol. The van der Waals surface area contributed by atoms with Crippen molar-refractivity contribution < 1.29 is 14.6 Å². The Labute approximate surface area is 195 Å². The van der Waals surface area contributed by atoms with E-state index in [2.05, 4.69) is 26.3 Å². The van der Waals surface area contributed by atoms with Gasteiger partial charge in [-0.25, -0.2) is 19.7 Å². The number of rotatable bonds is 5. The molecular weight excluding hydrogens is 444 g/mol. The van der Waals surface area contributed by atoms with Gasteiger partial charge < -0.3 is 20.1 Å². The third-order valence-corrected chi connectivity index (χ3v) is 6.31. The molecule has 1 unspecified atom stereocenters. The minimum Gasteiger partial charge on any atom is -0.476 e. The summed E-state index contributed by atoms with van der Waals surface area (Å²) in [5.74, 6) is -0.604. The van der Waals surface area contributed by atoms with E-state index in [1.807, 2.05) is 26.0 Å². The summed E-state index contributed by atoms with van der Waals surface area (Å²) in [6, 6.07) is 8.89. The van der Waals surface area contributed by atoms with E-state index in [1.165, 1.54) is 0 Å². The van der Waals surface area contributed by atoms with Gasteiger partial charge in [0.2, 0.25) is 0 Å². The van der Waals surface area contributed by atoms with Gasteiger partial charge in [-0.15, -0.1) is 0 Å². The second-order valence-corrected chi connectivity index (χ2v) is 9.17. The van der Waals surface area contributed by atoms with Crippen LogP contribution in [0.15, 0.2) is 24.3 Å². The lowest BCUT2D eigenvalue weighted by molar-refractivity contribution is -0.127. The first-order valence-corrected chi connectivity index (χ1v) is 10.9.